The van der Waals surface area contributed by atoms with Crippen LogP contribution in [-0.4, -0.2) is 6.26 Å². The smallest absolute Gasteiger partial charge is 0.00782 e. The molecule has 0 aromatic heterocycles. The Kier molecular flexibility index (Phi) is 19.6. The second-order valence-electron chi connectivity index (χ2n) is 7.76. The summed E-state index contributed by atoms with van der Waals surface area (Å²) in [5.74, 6) is 0.508. The van der Waals surface area contributed by atoms with E-state index in [0.29, 0.717) is 5.92 Å². The summed E-state index contributed by atoms with van der Waals surface area (Å²) in [5, 5.41) is 2.61. The van der Waals surface area contributed by atoms with Crippen LogP contribution >= 0.6 is 37.9 Å². The largest absolute Gasteiger partial charge is 0.183 e. The number of hydrogen-bond donors (Lipinski definition) is 3. The average molecular weight is 503 g/mol. The van der Waals surface area contributed by atoms with E-state index in [1.54, 1.807) is 6.26 Å². The van der Waals surface area contributed by atoms with Gasteiger partial charge in [0.05, 0.1) is 0 Å². The third-order valence-electron chi connectivity index (χ3n) is 4.73. The third kappa shape index (κ3) is 11.6. The highest BCUT2D eigenvalue weighted by molar-refractivity contribution is 7.80. The lowest BCUT2D eigenvalue weighted by atomic mass is 9.91. The van der Waals surface area contributed by atoms with Crippen LogP contribution in [0.25, 0.3) is 16.8 Å². The predicted octanol–water partition coefficient (Wildman–Crippen LogP) is 10.8. The fourth-order valence-corrected chi connectivity index (χ4v) is 3.60. The molecule has 0 saturated heterocycles. The highest BCUT2D eigenvalue weighted by Crippen LogP contribution is 2.34. The van der Waals surface area contributed by atoms with Crippen molar-refractivity contribution in [3.8, 4) is 0 Å². The number of thiol groups is 3. The van der Waals surface area contributed by atoms with E-state index < -0.39 is 0 Å². The van der Waals surface area contributed by atoms with Crippen molar-refractivity contribution in [2.24, 2.45) is 0 Å². The van der Waals surface area contributed by atoms with E-state index in [9.17, 15) is 0 Å². The zero-order chi connectivity index (χ0) is 26.1. The molecule has 3 aromatic carbocycles. The van der Waals surface area contributed by atoms with Crippen LogP contribution in [0.15, 0.2) is 58.8 Å². The molecule has 0 fully saturated rings. The molecule has 33 heavy (non-hydrogen) atoms. The van der Waals surface area contributed by atoms with Crippen LogP contribution in [0.2, 0.25) is 0 Å². The van der Waals surface area contributed by atoms with Gasteiger partial charge in [0.15, 0.2) is 0 Å². The molecule has 0 spiro atoms. The number of rotatable bonds is 2. The fourth-order valence-electron chi connectivity index (χ4n) is 3.01. The molecule has 0 amide bonds. The first-order valence-corrected chi connectivity index (χ1v) is 13.5. The van der Waals surface area contributed by atoms with Crippen LogP contribution in [-0.2, 0) is 0 Å². The van der Waals surface area contributed by atoms with E-state index in [1.807, 2.05) is 19.9 Å². The van der Waals surface area contributed by atoms with E-state index in [1.165, 1.54) is 45.0 Å². The topological polar surface area (TPSA) is 0 Å². The van der Waals surface area contributed by atoms with Crippen molar-refractivity contribution in [2.45, 2.75) is 84.4 Å². The van der Waals surface area contributed by atoms with Gasteiger partial charge in [0.2, 0.25) is 0 Å². The molecule has 0 bridgehead atoms. The third-order valence-corrected chi connectivity index (χ3v) is 5.46. The van der Waals surface area contributed by atoms with Gasteiger partial charge in [-0.1, -0.05) is 90.4 Å². The van der Waals surface area contributed by atoms with E-state index >= 15 is 0 Å². The minimum atomic E-state index is 0.508. The van der Waals surface area contributed by atoms with E-state index in [2.05, 4.69) is 135 Å². The van der Waals surface area contributed by atoms with Gasteiger partial charge in [0.1, 0.15) is 0 Å². The molecule has 0 nitrogen and oxygen atoms in total. The Bertz CT molecular complexity index is 939. The van der Waals surface area contributed by atoms with Crippen LogP contribution in [0, 0.1) is 20.8 Å². The van der Waals surface area contributed by atoms with Gasteiger partial charge in [-0.3, -0.25) is 0 Å². The number of benzene rings is 3. The predicted molar refractivity (Wildman–Crippen MR) is 166 cm³/mol. The molecule has 0 radical (unpaired) electrons. The molecule has 0 unspecified atom stereocenters. The van der Waals surface area contributed by atoms with Crippen molar-refractivity contribution in [3.05, 3.63) is 76.9 Å². The Morgan fingerprint density at radius 1 is 0.848 bits per heavy atom. The van der Waals surface area contributed by atoms with Crippen molar-refractivity contribution in [2.75, 3.05) is 6.26 Å². The molecule has 184 valence electrons. The first-order chi connectivity index (χ1) is 15.7. The zero-order valence-electron chi connectivity index (χ0n) is 22.5. The van der Waals surface area contributed by atoms with Crippen LogP contribution < -0.4 is 0 Å². The molecule has 0 aliphatic rings. The van der Waals surface area contributed by atoms with Crippen LogP contribution in [0.1, 0.15) is 81.7 Å². The molecule has 0 aliphatic heterocycles. The van der Waals surface area contributed by atoms with Crippen LogP contribution in [0.5, 0.6) is 0 Å². The molecule has 3 heteroatoms. The van der Waals surface area contributed by atoms with Gasteiger partial charge < -0.3 is 0 Å². The standard InChI is InChI=1S/C15H18S2.C9H10.C3H8.C2H6.CH4S/c1-8(2)13-7-12(16)5-11-6-14(17)9(3)10(4)15(11)13;1-3-9-6-4-8(2)5-7-9;1-3-2;2*1-2/h5-8,16-17H,1-4H3;3-7H,1H2,2H3;3H2,1-2H3;1-2H3;2H,1H3. The summed E-state index contributed by atoms with van der Waals surface area (Å²) in [4.78, 5) is 2.08. The van der Waals surface area contributed by atoms with Crippen LogP contribution in [0.3, 0.4) is 0 Å². The Labute approximate surface area is 221 Å². The first kappa shape index (κ1) is 33.9. The number of fused-ring (bicyclic) bond motifs is 1. The maximum Gasteiger partial charge on any atom is 0.00782 e. The quantitative estimate of drug-likeness (QED) is 0.285. The monoisotopic (exact) mass is 502 g/mol. The molecule has 0 saturated carbocycles. The summed E-state index contributed by atoms with van der Waals surface area (Å²) >= 11 is 12.6. The fraction of sp³-hybridized carbons (Fsp3) is 0.400. The van der Waals surface area contributed by atoms with Crippen molar-refractivity contribution in [3.63, 3.8) is 0 Å². The van der Waals surface area contributed by atoms with Gasteiger partial charge in [-0.15, -0.1) is 25.3 Å². The minimum absolute atomic E-state index is 0.508. The SMILES string of the molecule is C=Cc1ccc(C)cc1.CC.CCC.CS.Cc1c(S)cc2cc(S)cc(C(C)C)c2c1C. The van der Waals surface area contributed by atoms with Crippen molar-refractivity contribution in [1.82, 2.24) is 0 Å². The summed E-state index contributed by atoms with van der Waals surface area (Å²) in [7, 11) is 0. The second kappa shape index (κ2) is 19.1. The lowest BCUT2D eigenvalue weighted by molar-refractivity contribution is 0.871. The van der Waals surface area contributed by atoms with Crippen LogP contribution in [0.4, 0.5) is 0 Å². The molecule has 0 aliphatic carbocycles. The molecule has 0 N–H and O–H groups in total. The molecular weight excluding hydrogens is 457 g/mol. The molecule has 0 atom stereocenters. The maximum atomic E-state index is 4.54. The molecular formula is C30H46S3. The Hall–Kier alpha value is -1.29. The zero-order valence-corrected chi connectivity index (χ0v) is 25.1. The van der Waals surface area contributed by atoms with Crippen molar-refractivity contribution < 1.29 is 0 Å². The normalized spacial score (nSPS) is 9.27. The summed E-state index contributed by atoms with van der Waals surface area (Å²) < 4.78 is 0. The first-order valence-electron chi connectivity index (χ1n) is 11.8. The van der Waals surface area contributed by atoms with Gasteiger partial charge in [0.25, 0.3) is 0 Å². The second-order valence-corrected chi connectivity index (χ2v) is 8.75. The Morgan fingerprint density at radius 2 is 1.33 bits per heavy atom. The Balaban J connectivity index is 0. The average Bonchev–Trinajstić information content (AvgIpc) is 2.81. The minimum Gasteiger partial charge on any atom is -0.183 e. The van der Waals surface area contributed by atoms with Gasteiger partial charge in [-0.05, 0) is 84.2 Å². The summed E-state index contributed by atoms with van der Waals surface area (Å²) in [6.45, 7) is 22.8. The molecule has 3 aromatic rings. The van der Waals surface area contributed by atoms with Crippen molar-refractivity contribution in [1.29, 1.82) is 0 Å². The van der Waals surface area contributed by atoms with E-state index in [-0.39, 0.29) is 0 Å². The Morgan fingerprint density at radius 3 is 1.76 bits per heavy atom. The molecule has 0 heterocycles. The van der Waals surface area contributed by atoms with Gasteiger partial charge >= 0.3 is 0 Å². The van der Waals surface area contributed by atoms with Crippen molar-refractivity contribution >= 4 is 54.7 Å². The highest BCUT2D eigenvalue weighted by atomic mass is 32.1. The summed E-state index contributed by atoms with van der Waals surface area (Å²) in [5.41, 5.74) is 6.46. The highest BCUT2D eigenvalue weighted by Gasteiger charge is 2.12. The summed E-state index contributed by atoms with van der Waals surface area (Å²) in [6, 6.07) is 14.7. The van der Waals surface area contributed by atoms with Gasteiger partial charge in [-0.25, -0.2) is 0 Å². The van der Waals surface area contributed by atoms with E-state index in [0.717, 1.165) is 9.79 Å². The lowest BCUT2D eigenvalue weighted by Gasteiger charge is -2.16. The molecule has 3 rings (SSSR count). The van der Waals surface area contributed by atoms with E-state index in [4.69, 9.17) is 0 Å². The van der Waals surface area contributed by atoms with Gasteiger partial charge in [0, 0.05) is 9.79 Å². The maximum absolute atomic E-state index is 4.54. The lowest BCUT2D eigenvalue weighted by Crippen LogP contribution is -1.95. The van der Waals surface area contributed by atoms with Gasteiger partial charge in [-0.2, -0.15) is 12.6 Å². The number of hydrogen-bond acceptors (Lipinski definition) is 3. The number of aryl methyl sites for hydroxylation is 2. The summed E-state index contributed by atoms with van der Waals surface area (Å²) in [6.07, 6.45) is 4.79.